The average molecular weight is 586 g/mol. The fourth-order valence-corrected chi connectivity index (χ4v) is 6.72. The highest BCUT2D eigenvalue weighted by atomic mass is 14.9. The maximum atomic E-state index is 5.09. The van der Waals surface area contributed by atoms with Crippen molar-refractivity contribution in [2.45, 2.75) is 0 Å². The van der Waals surface area contributed by atoms with Crippen molar-refractivity contribution in [2.75, 3.05) is 0 Å². The Bertz CT molecular complexity index is 2350. The van der Waals surface area contributed by atoms with Crippen molar-refractivity contribution in [3.05, 3.63) is 164 Å². The van der Waals surface area contributed by atoms with Gasteiger partial charge in [-0.1, -0.05) is 133 Å². The lowest BCUT2D eigenvalue weighted by molar-refractivity contribution is 1.18. The Morgan fingerprint density at radius 3 is 1.57 bits per heavy atom. The van der Waals surface area contributed by atoms with Crippen molar-refractivity contribution in [1.82, 2.24) is 15.0 Å². The van der Waals surface area contributed by atoms with Gasteiger partial charge in [0.2, 0.25) is 0 Å². The van der Waals surface area contributed by atoms with Crippen molar-refractivity contribution in [3.8, 4) is 78.4 Å². The summed E-state index contributed by atoms with van der Waals surface area (Å²) >= 11 is 0. The Kier molecular flexibility index (Phi) is 6.14. The second-order valence-electron chi connectivity index (χ2n) is 11.7. The van der Waals surface area contributed by atoms with E-state index in [9.17, 15) is 0 Å². The zero-order valence-electron chi connectivity index (χ0n) is 24.9. The summed E-state index contributed by atoms with van der Waals surface area (Å²) in [4.78, 5) is 14.3. The molecule has 0 N–H and O–H groups in total. The van der Waals surface area contributed by atoms with Gasteiger partial charge in [0.1, 0.15) is 0 Å². The van der Waals surface area contributed by atoms with Crippen LogP contribution in [0.5, 0.6) is 0 Å². The average Bonchev–Trinajstić information content (AvgIpc) is 3.47. The summed E-state index contributed by atoms with van der Waals surface area (Å²) in [6, 6.07) is 53.6. The van der Waals surface area contributed by atoms with Crippen molar-refractivity contribution < 1.29 is 0 Å². The molecule has 46 heavy (non-hydrogen) atoms. The standard InChI is InChI=1S/C43H27N3/c1-2-7-31(8-3-1)40-27-41(46-43(45-40)33-19-13-28(14-20-33)29-23-25-44-26-24-29)32-17-15-30(16-18-32)34-21-22-39-36-10-5-4-9-35(36)38-12-6-11-37(34)42(38)39/h1-27H. The van der Waals surface area contributed by atoms with Crippen molar-refractivity contribution in [1.29, 1.82) is 0 Å². The van der Waals surface area contributed by atoms with E-state index in [0.29, 0.717) is 5.82 Å². The minimum Gasteiger partial charge on any atom is -0.265 e. The monoisotopic (exact) mass is 585 g/mol. The van der Waals surface area contributed by atoms with Gasteiger partial charge in [0.15, 0.2) is 5.82 Å². The molecular formula is C43H27N3. The van der Waals surface area contributed by atoms with E-state index in [2.05, 4.69) is 126 Å². The highest BCUT2D eigenvalue weighted by molar-refractivity contribution is 6.18. The van der Waals surface area contributed by atoms with E-state index >= 15 is 0 Å². The molecule has 2 heterocycles. The highest BCUT2D eigenvalue weighted by Crippen LogP contribution is 2.49. The van der Waals surface area contributed by atoms with Crippen LogP contribution in [0, 0.1) is 0 Å². The lowest BCUT2D eigenvalue weighted by Crippen LogP contribution is -1.96. The van der Waals surface area contributed by atoms with Crippen LogP contribution in [0.2, 0.25) is 0 Å². The molecule has 9 rings (SSSR count). The fourth-order valence-electron chi connectivity index (χ4n) is 6.72. The summed E-state index contributed by atoms with van der Waals surface area (Å²) in [6.45, 7) is 0. The van der Waals surface area contributed by atoms with Gasteiger partial charge in [-0.3, -0.25) is 4.98 Å². The molecule has 6 aromatic carbocycles. The lowest BCUT2D eigenvalue weighted by atomic mass is 9.93. The second kappa shape index (κ2) is 10.8. The van der Waals surface area contributed by atoms with Crippen molar-refractivity contribution in [2.24, 2.45) is 0 Å². The number of fused-ring (bicyclic) bond motifs is 3. The Hall–Kier alpha value is -6.19. The van der Waals surface area contributed by atoms with Gasteiger partial charge < -0.3 is 0 Å². The normalized spacial score (nSPS) is 11.5. The summed E-state index contributed by atoms with van der Waals surface area (Å²) in [5.41, 5.74) is 14.8. The number of nitrogens with zero attached hydrogens (tertiary/aromatic N) is 3. The molecule has 0 radical (unpaired) electrons. The number of benzene rings is 6. The molecule has 8 aromatic rings. The van der Waals surface area contributed by atoms with E-state index in [0.717, 1.165) is 39.2 Å². The maximum absolute atomic E-state index is 5.09. The minimum absolute atomic E-state index is 0.703. The first-order chi connectivity index (χ1) is 22.8. The van der Waals surface area contributed by atoms with E-state index < -0.39 is 0 Å². The van der Waals surface area contributed by atoms with Gasteiger partial charge in [0.05, 0.1) is 11.4 Å². The number of aromatic nitrogens is 3. The smallest absolute Gasteiger partial charge is 0.160 e. The van der Waals surface area contributed by atoms with E-state index in [1.54, 1.807) is 0 Å². The predicted molar refractivity (Wildman–Crippen MR) is 189 cm³/mol. The largest absolute Gasteiger partial charge is 0.265 e. The topological polar surface area (TPSA) is 38.7 Å². The summed E-state index contributed by atoms with van der Waals surface area (Å²) in [5.74, 6) is 0.703. The van der Waals surface area contributed by atoms with Crippen LogP contribution >= 0.6 is 0 Å². The molecule has 0 saturated heterocycles. The first-order valence-electron chi connectivity index (χ1n) is 15.5. The zero-order chi connectivity index (χ0) is 30.5. The molecule has 2 aromatic heterocycles. The van der Waals surface area contributed by atoms with Crippen LogP contribution in [0.3, 0.4) is 0 Å². The zero-order valence-corrected chi connectivity index (χ0v) is 24.9. The van der Waals surface area contributed by atoms with Gasteiger partial charge in [-0.25, -0.2) is 9.97 Å². The summed E-state index contributed by atoms with van der Waals surface area (Å²) < 4.78 is 0. The summed E-state index contributed by atoms with van der Waals surface area (Å²) in [5, 5.41) is 2.62. The Morgan fingerprint density at radius 2 is 0.848 bits per heavy atom. The third-order valence-corrected chi connectivity index (χ3v) is 8.99. The van der Waals surface area contributed by atoms with Gasteiger partial charge in [0.25, 0.3) is 0 Å². The van der Waals surface area contributed by atoms with Crippen LogP contribution in [0.25, 0.3) is 89.2 Å². The number of hydrogen-bond acceptors (Lipinski definition) is 3. The molecule has 3 nitrogen and oxygen atoms in total. The molecule has 3 heteroatoms. The van der Waals surface area contributed by atoms with Gasteiger partial charge in [-0.05, 0) is 73.5 Å². The summed E-state index contributed by atoms with van der Waals surface area (Å²) in [6.07, 6.45) is 3.63. The molecule has 0 atom stereocenters. The fraction of sp³-hybridized carbons (Fsp3) is 0. The Morgan fingerprint density at radius 1 is 0.326 bits per heavy atom. The molecule has 0 unspecified atom stereocenters. The van der Waals surface area contributed by atoms with Crippen LogP contribution in [0.4, 0.5) is 0 Å². The van der Waals surface area contributed by atoms with Gasteiger partial charge in [-0.2, -0.15) is 0 Å². The molecule has 214 valence electrons. The van der Waals surface area contributed by atoms with Gasteiger partial charge in [0, 0.05) is 29.1 Å². The number of pyridine rings is 1. The lowest BCUT2D eigenvalue weighted by Gasteiger charge is -2.12. The molecular weight excluding hydrogens is 558 g/mol. The van der Waals surface area contributed by atoms with Crippen LogP contribution in [0.15, 0.2) is 164 Å². The number of rotatable bonds is 5. The van der Waals surface area contributed by atoms with E-state index in [1.165, 1.54) is 44.2 Å². The van der Waals surface area contributed by atoms with Crippen LogP contribution in [-0.4, -0.2) is 15.0 Å². The van der Waals surface area contributed by atoms with Gasteiger partial charge in [-0.15, -0.1) is 0 Å². The predicted octanol–water partition coefficient (Wildman–Crippen LogP) is 11.0. The SMILES string of the molecule is c1ccc(-c2cc(-c3ccc(-c4ccc5c6c(cccc46)-c4ccccc4-5)cc3)nc(-c3ccc(-c4ccncc4)cc3)n2)cc1. The molecule has 1 aliphatic carbocycles. The molecule has 0 bridgehead atoms. The van der Waals surface area contributed by atoms with Crippen LogP contribution in [0.1, 0.15) is 0 Å². The minimum atomic E-state index is 0.703. The molecule has 0 aliphatic heterocycles. The Balaban J connectivity index is 1.11. The summed E-state index contributed by atoms with van der Waals surface area (Å²) in [7, 11) is 0. The first-order valence-corrected chi connectivity index (χ1v) is 15.5. The van der Waals surface area contributed by atoms with E-state index in [4.69, 9.17) is 9.97 Å². The maximum Gasteiger partial charge on any atom is 0.160 e. The molecule has 1 aliphatic rings. The first kappa shape index (κ1) is 26.2. The molecule has 0 spiro atoms. The molecule has 0 saturated carbocycles. The third-order valence-electron chi connectivity index (χ3n) is 8.99. The van der Waals surface area contributed by atoms with Crippen LogP contribution < -0.4 is 0 Å². The van der Waals surface area contributed by atoms with Gasteiger partial charge >= 0.3 is 0 Å². The third kappa shape index (κ3) is 4.41. The quantitative estimate of drug-likeness (QED) is 0.202. The second-order valence-corrected chi connectivity index (χ2v) is 11.7. The highest BCUT2D eigenvalue weighted by Gasteiger charge is 2.22. The molecule has 0 amide bonds. The Labute approximate surface area is 267 Å². The van der Waals surface area contributed by atoms with Crippen molar-refractivity contribution >= 4 is 10.8 Å². The van der Waals surface area contributed by atoms with E-state index in [1.807, 2.05) is 42.7 Å². The van der Waals surface area contributed by atoms with E-state index in [-0.39, 0.29) is 0 Å². The molecule has 0 fully saturated rings. The van der Waals surface area contributed by atoms with Crippen LogP contribution in [-0.2, 0) is 0 Å². The van der Waals surface area contributed by atoms with Crippen molar-refractivity contribution in [3.63, 3.8) is 0 Å². The number of hydrogen-bond donors (Lipinski definition) is 0.